The summed E-state index contributed by atoms with van der Waals surface area (Å²) in [5.41, 5.74) is 5.54. The van der Waals surface area contributed by atoms with Crippen LogP contribution < -0.4 is 5.73 Å². The first-order valence-corrected chi connectivity index (χ1v) is 4.31. The molecule has 0 saturated carbocycles. The van der Waals surface area contributed by atoms with Crippen LogP contribution in [0.4, 0.5) is 10.3 Å². The van der Waals surface area contributed by atoms with Crippen molar-refractivity contribution >= 4 is 17.5 Å². The smallest absolute Gasteiger partial charge is 0.227 e. The summed E-state index contributed by atoms with van der Waals surface area (Å²) in [6.45, 7) is 0. The van der Waals surface area contributed by atoms with Crippen LogP contribution in [-0.4, -0.2) is 19.9 Å². The number of anilines is 1. The molecular weight excluding hydrogens is 221 g/mol. The minimum Gasteiger partial charge on any atom is -0.368 e. The molecule has 2 aromatic heterocycles. The number of aromatic nitrogens is 4. The van der Waals surface area contributed by atoms with E-state index in [1.54, 1.807) is 0 Å². The Bertz CT molecular complexity index is 484. The predicted octanol–water partition coefficient (Wildman–Crippen LogP) is 1.31. The minimum atomic E-state index is -0.542. The van der Waals surface area contributed by atoms with Gasteiger partial charge in [-0.1, -0.05) is 0 Å². The number of nitrogens with two attached hydrogens (primary N) is 1. The Balaban J connectivity index is 2.59. The molecule has 0 aromatic carbocycles. The molecular formula is C8H5ClFN5. The van der Waals surface area contributed by atoms with Crippen molar-refractivity contribution in [3.05, 3.63) is 29.6 Å². The maximum Gasteiger partial charge on any atom is 0.227 e. The van der Waals surface area contributed by atoms with Gasteiger partial charge in [-0.2, -0.15) is 15.0 Å². The van der Waals surface area contributed by atoms with Gasteiger partial charge < -0.3 is 5.73 Å². The quantitative estimate of drug-likeness (QED) is 0.792. The third-order valence-electron chi connectivity index (χ3n) is 1.64. The summed E-state index contributed by atoms with van der Waals surface area (Å²) in [7, 11) is 0. The number of pyridine rings is 1. The van der Waals surface area contributed by atoms with E-state index < -0.39 is 5.82 Å². The van der Waals surface area contributed by atoms with Crippen molar-refractivity contribution < 1.29 is 4.39 Å². The molecule has 2 aromatic rings. The van der Waals surface area contributed by atoms with E-state index in [-0.39, 0.29) is 22.6 Å². The van der Waals surface area contributed by atoms with Crippen LogP contribution in [0.5, 0.6) is 0 Å². The van der Waals surface area contributed by atoms with Crippen molar-refractivity contribution in [2.75, 3.05) is 5.73 Å². The molecule has 2 N–H and O–H groups in total. The fourth-order valence-corrected chi connectivity index (χ4v) is 1.21. The second-order valence-electron chi connectivity index (χ2n) is 2.64. The molecule has 0 spiro atoms. The van der Waals surface area contributed by atoms with E-state index in [9.17, 15) is 4.39 Å². The number of hydrogen-bond donors (Lipinski definition) is 1. The van der Waals surface area contributed by atoms with E-state index in [0.29, 0.717) is 0 Å². The molecule has 0 unspecified atom stereocenters. The van der Waals surface area contributed by atoms with Crippen LogP contribution in [0.2, 0.25) is 5.28 Å². The van der Waals surface area contributed by atoms with Gasteiger partial charge in [0.1, 0.15) is 0 Å². The van der Waals surface area contributed by atoms with Gasteiger partial charge >= 0.3 is 0 Å². The molecule has 5 nitrogen and oxygen atoms in total. The van der Waals surface area contributed by atoms with Gasteiger partial charge in [-0.25, -0.2) is 4.39 Å². The Morgan fingerprint density at radius 3 is 2.73 bits per heavy atom. The molecule has 7 heteroatoms. The monoisotopic (exact) mass is 225 g/mol. The third kappa shape index (κ3) is 1.99. The van der Waals surface area contributed by atoms with Crippen LogP contribution >= 0.6 is 11.6 Å². The first-order valence-electron chi connectivity index (χ1n) is 3.94. The highest BCUT2D eigenvalue weighted by molar-refractivity contribution is 6.28. The number of nitrogens with zero attached hydrogens (tertiary/aromatic N) is 4. The molecule has 2 rings (SSSR count). The zero-order chi connectivity index (χ0) is 10.8. The summed E-state index contributed by atoms with van der Waals surface area (Å²) in [6.07, 6.45) is 2.48. The molecule has 0 aliphatic heterocycles. The van der Waals surface area contributed by atoms with Crippen molar-refractivity contribution in [2.45, 2.75) is 0 Å². The van der Waals surface area contributed by atoms with Crippen molar-refractivity contribution in [3.63, 3.8) is 0 Å². The van der Waals surface area contributed by atoms with Gasteiger partial charge in [0.25, 0.3) is 0 Å². The van der Waals surface area contributed by atoms with Crippen molar-refractivity contribution in [3.8, 4) is 11.4 Å². The van der Waals surface area contributed by atoms with Gasteiger partial charge in [-0.3, -0.25) is 4.98 Å². The molecule has 0 fully saturated rings. The van der Waals surface area contributed by atoms with E-state index in [4.69, 9.17) is 17.3 Å². The normalized spacial score (nSPS) is 10.3. The largest absolute Gasteiger partial charge is 0.368 e. The maximum absolute atomic E-state index is 13.3. The van der Waals surface area contributed by atoms with Crippen LogP contribution in [0.25, 0.3) is 11.4 Å². The first kappa shape index (κ1) is 9.72. The predicted molar refractivity (Wildman–Crippen MR) is 52.4 cm³/mol. The van der Waals surface area contributed by atoms with Gasteiger partial charge in [0.05, 0.1) is 11.8 Å². The molecule has 0 radical (unpaired) electrons. The van der Waals surface area contributed by atoms with Crippen molar-refractivity contribution in [1.29, 1.82) is 0 Å². The van der Waals surface area contributed by atoms with Gasteiger partial charge in [0, 0.05) is 6.20 Å². The molecule has 15 heavy (non-hydrogen) atoms. The lowest BCUT2D eigenvalue weighted by molar-refractivity contribution is 0.623. The molecule has 0 atom stereocenters. The molecule has 0 bridgehead atoms. The summed E-state index contributed by atoms with van der Waals surface area (Å²) >= 11 is 5.57. The molecule has 0 aliphatic carbocycles. The van der Waals surface area contributed by atoms with Crippen LogP contribution in [0, 0.1) is 5.82 Å². The Morgan fingerprint density at radius 1 is 1.27 bits per heavy atom. The molecule has 0 amide bonds. The molecule has 0 aliphatic rings. The summed E-state index contributed by atoms with van der Waals surface area (Å²) in [5.74, 6) is -0.507. The highest BCUT2D eigenvalue weighted by Gasteiger charge is 2.09. The molecule has 76 valence electrons. The van der Waals surface area contributed by atoms with E-state index in [0.717, 1.165) is 6.20 Å². The average molecular weight is 226 g/mol. The van der Waals surface area contributed by atoms with Gasteiger partial charge in [0.2, 0.25) is 11.2 Å². The standard InChI is InChI=1S/C8H5ClFN5/c9-7-13-6(14-8(11)15-7)4-1-2-12-3-5(4)10/h1-3H,(H2,11,13,14,15). The van der Waals surface area contributed by atoms with Crippen molar-refractivity contribution in [2.24, 2.45) is 0 Å². The number of hydrogen-bond acceptors (Lipinski definition) is 5. The van der Waals surface area contributed by atoms with E-state index >= 15 is 0 Å². The fourth-order valence-electron chi connectivity index (χ4n) is 1.04. The number of nitrogen functional groups attached to an aromatic ring is 1. The van der Waals surface area contributed by atoms with Gasteiger partial charge in [-0.15, -0.1) is 0 Å². The van der Waals surface area contributed by atoms with Crippen LogP contribution in [0.1, 0.15) is 0 Å². The summed E-state index contributed by atoms with van der Waals surface area (Å²) in [6, 6.07) is 1.43. The Hall–Kier alpha value is -1.82. The van der Waals surface area contributed by atoms with Crippen LogP contribution in [0.15, 0.2) is 18.5 Å². The Morgan fingerprint density at radius 2 is 2.07 bits per heavy atom. The summed E-state index contributed by atoms with van der Waals surface area (Å²) < 4.78 is 13.3. The number of rotatable bonds is 1. The summed E-state index contributed by atoms with van der Waals surface area (Å²) in [4.78, 5) is 14.7. The fraction of sp³-hybridized carbons (Fsp3) is 0. The first-order chi connectivity index (χ1) is 7.16. The zero-order valence-electron chi connectivity index (χ0n) is 7.35. The Kier molecular flexibility index (Phi) is 2.42. The van der Waals surface area contributed by atoms with Gasteiger partial charge in [0.15, 0.2) is 11.6 Å². The number of halogens is 2. The average Bonchev–Trinajstić information content (AvgIpc) is 2.16. The second-order valence-corrected chi connectivity index (χ2v) is 2.98. The van der Waals surface area contributed by atoms with Crippen LogP contribution in [-0.2, 0) is 0 Å². The SMILES string of the molecule is Nc1nc(Cl)nc(-c2ccncc2F)n1. The highest BCUT2D eigenvalue weighted by Crippen LogP contribution is 2.19. The van der Waals surface area contributed by atoms with E-state index in [2.05, 4.69) is 19.9 Å². The maximum atomic E-state index is 13.3. The third-order valence-corrected chi connectivity index (χ3v) is 1.81. The van der Waals surface area contributed by atoms with Crippen molar-refractivity contribution in [1.82, 2.24) is 19.9 Å². The van der Waals surface area contributed by atoms with Gasteiger partial charge in [-0.05, 0) is 17.7 Å². The minimum absolute atomic E-state index is 0.0544. The zero-order valence-corrected chi connectivity index (χ0v) is 8.11. The molecule has 0 saturated heterocycles. The second kappa shape index (κ2) is 3.74. The lowest BCUT2D eigenvalue weighted by Gasteiger charge is -2.01. The lowest BCUT2D eigenvalue weighted by Crippen LogP contribution is -2.01. The van der Waals surface area contributed by atoms with E-state index in [1.807, 2.05) is 0 Å². The summed E-state index contributed by atoms with van der Waals surface area (Å²) in [5, 5.41) is -0.0753. The Labute approximate surface area is 89.2 Å². The molecule has 2 heterocycles. The highest BCUT2D eigenvalue weighted by atomic mass is 35.5. The topological polar surface area (TPSA) is 77.6 Å². The van der Waals surface area contributed by atoms with Crippen LogP contribution in [0.3, 0.4) is 0 Å². The lowest BCUT2D eigenvalue weighted by atomic mass is 10.2. The van der Waals surface area contributed by atoms with E-state index in [1.165, 1.54) is 12.3 Å².